The van der Waals surface area contributed by atoms with Crippen LogP contribution in [-0.4, -0.2) is 23.0 Å². The zero-order valence-corrected chi connectivity index (χ0v) is 15.6. The van der Waals surface area contributed by atoms with Crippen molar-refractivity contribution in [1.82, 2.24) is 10.3 Å². The Kier molecular flexibility index (Phi) is 5.99. The van der Waals surface area contributed by atoms with Gasteiger partial charge in [-0.1, -0.05) is 24.6 Å². The highest BCUT2D eigenvalue weighted by Gasteiger charge is 2.39. The van der Waals surface area contributed by atoms with Gasteiger partial charge in [-0.3, -0.25) is 4.79 Å². The molecule has 140 valence electrons. The Morgan fingerprint density at radius 1 is 1.19 bits per heavy atom. The van der Waals surface area contributed by atoms with Gasteiger partial charge in [-0.05, 0) is 49.7 Å². The number of fused-ring (bicyclic) bond motifs is 2. The number of nitrogens with one attached hydrogen (secondary N) is 1. The molecule has 2 bridgehead atoms. The average Bonchev–Trinajstić information content (AvgIpc) is 3.05. The van der Waals surface area contributed by atoms with Crippen molar-refractivity contribution < 1.29 is 9.21 Å². The molecule has 2 aromatic rings. The molecule has 2 saturated carbocycles. The summed E-state index contributed by atoms with van der Waals surface area (Å²) >= 11 is 0. The molecule has 1 aromatic heterocycles. The molecule has 26 heavy (non-hydrogen) atoms. The van der Waals surface area contributed by atoms with Crippen LogP contribution < -0.4 is 11.1 Å². The summed E-state index contributed by atoms with van der Waals surface area (Å²) in [5.74, 6) is 1.65. The molecular formula is C20H26ClN3O2. The summed E-state index contributed by atoms with van der Waals surface area (Å²) in [6, 6.07) is 10.3. The molecule has 6 heteroatoms. The average molecular weight is 376 g/mol. The molecule has 2 unspecified atom stereocenters. The van der Waals surface area contributed by atoms with Crippen molar-refractivity contribution in [2.45, 2.75) is 50.6 Å². The minimum Gasteiger partial charge on any atom is -0.444 e. The smallest absolute Gasteiger partial charge is 0.226 e. The summed E-state index contributed by atoms with van der Waals surface area (Å²) in [6.07, 6.45) is 7.53. The third-order valence-corrected chi connectivity index (χ3v) is 5.62. The highest BCUT2D eigenvalue weighted by molar-refractivity contribution is 5.85. The molecule has 1 amide bonds. The number of carbonyl (C=O) groups excluding carboxylic acids is 1. The molecule has 0 spiro atoms. The summed E-state index contributed by atoms with van der Waals surface area (Å²) < 4.78 is 5.52. The third-order valence-electron chi connectivity index (χ3n) is 5.62. The van der Waals surface area contributed by atoms with Gasteiger partial charge in [0.05, 0.1) is 12.1 Å². The number of carbonyl (C=O) groups is 1. The summed E-state index contributed by atoms with van der Waals surface area (Å²) in [6.45, 7) is 0. The van der Waals surface area contributed by atoms with Gasteiger partial charge < -0.3 is 15.5 Å². The van der Waals surface area contributed by atoms with Gasteiger partial charge in [0, 0.05) is 17.6 Å². The number of rotatable bonds is 4. The third kappa shape index (κ3) is 4.10. The van der Waals surface area contributed by atoms with Gasteiger partial charge in [-0.2, -0.15) is 0 Å². The van der Waals surface area contributed by atoms with Gasteiger partial charge in [0.1, 0.15) is 6.26 Å². The monoisotopic (exact) mass is 375 g/mol. The molecule has 0 saturated heterocycles. The van der Waals surface area contributed by atoms with E-state index in [-0.39, 0.29) is 30.8 Å². The van der Waals surface area contributed by atoms with E-state index in [1.165, 1.54) is 19.3 Å². The number of oxazole rings is 1. The normalized spacial score (nSPS) is 27.4. The number of benzene rings is 1. The number of hydrogen-bond acceptors (Lipinski definition) is 4. The first-order chi connectivity index (χ1) is 12.2. The van der Waals surface area contributed by atoms with Gasteiger partial charge in [-0.15, -0.1) is 12.4 Å². The zero-order chi connectivity index (χ0) is 17.2. The Balaban J connectivity index is 0.00000196. The number of nitrogens with zero attached hydrogens (tertiary/aromatic N) is 1. The number of amides is 1. The van der Waals surface area contributed by atoms with Crippen LogP contribution >= 0.6 is 12.4 Å². The van der Waals surface area contributed by atoms with E-state index >= 15 is 0 Å². The maximum Gasteiger partial charge on any atom is 0.226 e. The SMILES string of the molecule is Cl.NC1CC2CCCC(C1)C2NC(=O)Cc1coc(-c2ccccc2)n1. The molecule has 1 aromatic carbocycles. The second-order valence-electron chi connectivity index (χ2n) is 7.46. The summed E-state index contributed by atoms with van der Waals surface area (Å²) in [5, 5.41) is 3.26. The molecular weight excluding hydrogens is 350 g/mol. The quantitative estimate of drug-likeness (QED) is 0.858. The Morgan fingerprint density at radius 2 is 1.88 bits per heavy atom. The van der Waals surface area contributed by atoms with Crippen molar-refractivity contribution in [1.29, 1.82) is 0 Å². The van der Waals surface area contributed by atoms with E-state index in [9.17, 15) is 4.79 Å². The number of aromatic nitrogens is 1. The van der Waals surface area contributed by atoms with E-state index in [1.54, 1.807) is 6.26 Å². The molecule has 5 nitrogen and oxygen atoms in total. The van der Waals surface area contributed by atoms with E-state index in [0.29, 0.717) is 29.5 Å². The van der Waals surface area contributed by atoms with E-state index in [1.807, 2.05) is 30.3 Å². The fourth-order valence-corrected chi connectivity index (χ4v) is 4.53. The largest absolute Gasteiger partial charge is 0.444 e. The van der Waals surface area contributed by atoms with Crippen molar-refractivity contribution in [3.05, 3.63) is 42.3 Å². The van der Waals surface area contributed by atoms with E-state index < -0.39 is 0 Å². The Hall–Kier alpha value is -1.85. The van der Waals surface area contributed by atoms with E-state index in [4.69, 9.17) is 10.2 Å². The minimum absolute atomic E-state index is 0. The Morgan fingerprint density at radius 3 is 2.58 bits per heavy atom. The van der Waals surface area contributed by atoms with Gasteiger partial charge >= 0.3 is 0 Å². The lowest BCUT2D eigenvalue weighted by molar-refractivity contribution is -0.122. The van der Waals surface area contributed by atoms with Crippen LogP contribution in [0.1, 0.15) is 37.8 Å². The van der Waals surface area contributed by atoms with Crippen molar-refractivity contribution in [2.24, 2.45) is 17.6 Å². The second-order valence-corrected chi connectivity index (χ2v) is 7.46. The predicted octanol–water partition coefficient (Wildman–Crippen LogP) is 3.33. The first kappa shape index (κ1) is 18.9. The Labute approximate surface area is 160 Å². The van der Waals surface area contributed by atoms with Gasteiger partial charge in [0.2, 0.25) is 11.8 Å². The lowest BCUT2D eigenvalue weighted by Crippen LogP contribution is -2.54. The van der Waals surface area contributed by atoms with Gasteiger partial charge in [0.15, 0.2) is 0 Å². The van der Waals surface area contributed by atoms with Gasteiger partial charge in [-0.25, -0.2) is 4.98 Å². The molecule has 1 heterocycles. The van der Waals surface area contributed by atoms with Crippen LogP contribution in [0, 0.1) is 11.8 Å². The summed E-state index contributed by atoms with van der Waals surface area (Å²) in [4.78, 5) is 17.0. The van der Waals surface area contributed by atoms with E-state index in [2.05, 4.69) is 10.3 Å². The van der Waals surface area contributed by atoms with Gasteiger partial charge in [0.25, 0.3) is 0 Å². The highest BCUT2D eigenvalue weighted by Crippen LogP contribution is 2.39. The lowest BCUT2D eigenvalue weighted by Gasteiger charge is -2.45. The molecule has 2 aliphatic carbocycles. The molecule has 3 N–H and O–H groups in total. The van der Waals surface area contributed by atoms with Crippen LogP contribution in [0.15, 0.2) is 41.0 Å². The first-order valence-corrected chi connectivity index (χ1v) is 9.24. The lowest BCUT2D eigenvalue weighted by atomic mass is 9.67. The summed E-state index contributed by atoms with van der Waals surface area (Å²) in [5.41, 5.74) is 7.76. The van der Waals surface area contributed by atoms with Crippen LogP contribution in [0.4, 0.5) is 0 Å². The van der Waals surface area contributed by atoms with Crippen LogP contribution in [0.2, 0.25) is 0 Å². The first-order valence-electron chi connectivity index (χ1n) is 9.24. The molecule has 2 atom stereocenters. The molecule has 4 rings (SSSR count). The fourth-order valence-electron chi connectivity index (χ4n) is 4.53. The highest BCUT2D eigenvalue weighted by atomic mass is 35.5. The number of halogens is 1. The van der Waals surface area contributed by atoms with E-state index in [0.717, 1.165) is 18.4 Å². The maximum absolute atomic E-state index is 12.5. The molecule has 2 fully saturated rings. The Bertz CT molecular complexity index is 720. The van der Waals surface area contributed by atoms with Crippen LogP contribution in [0.25, 0.3) is 11.5 Å². The second kappa shape index (κ2) is 8.23. The van der Waals surface area contributed by atoms with Crippen LogP contribution in [-0.2, 0) is 11.2 Å². The van der Waals surface area contributed by atoms with Crippen molar-refractivity contribution in [3.8, 4) is 11.5 Å². The summed E-state index contributed by atoms with van der Waals surface area (Å²) in [7, 11) is 0. The number of hydrogen-bond donors (Lipinski definition) is 2. The topological polar surface area (TPSA) is 81.1 Å². The van der Waals surface area contributed by atoms with Crippen LogP contribution in [0.3, 0.4) is 0 Å². The molecule has 2 aliphatic rings. The maximum atomic E-state index is 12.5. The molecule has 0 aliphatic heterocycles. The van der Waals surface area contributed by atoms with Crippen molar-refractivity contribution >= 4 is 18.3 Å². The molecule has 0 radical (unpaired) electrons. The zero-order valence-electron chi connectivity index (χ0n) is 14.8. The standard InChI is InChI=1S/C20H25N3O2.ClH/c21-16-9-14-7-4-8-15(10-16)19(14)23-18(24)11-17-12-25-20(22-17)13-5-2-1-3-6-13;/h1-3,5-6,12,14-16,19H,4,7-11,21H2,(H,23,24);1H. The minimum atomic E-state index is 0. The predicted molar refractivity (Wildman–Crippen MR) is 103 cm³/mol. The number of nitrogens with two attached hydrogens (primary N) is 1. The van der Waals surface area contributed by atoms with Crippen LogP contribution in [0.5, 0.6) is 0 Å². The van der Waals surface area contributed by atoms with Crippen molar-refractivity contribution in [3.63, 3.8) is 0 Å². The fraction of sp³-hybridized carbons (Fsp3) is 0.500. The van der Waals surface area contributed by atoms with Crippen molar-refractivity contribution in [2.75, 3.05) is 0 Å².